The summed E-state index contributed by atoms with van der Waals surface area (Å²) in [7, 11) is 0. The molecule has 0 atom stereocenters. The first-order chi connectivity index (χ1) is 26.3. The van der Waals surface area contributed by atoms with E-state index in [2.05, 4.69) is 191 Å². The zero-order valence-electron chi connectivity index (χ0n) is 28.7. The molecule has 0 fully saturated rings. The summed E-state index contributed by atoms with van der Waals surface area (Å²) in [5.41, 5.74) is 12.3. The van der Waals surface area contributed by atoms with E-state index in [1.807, 2.05) is 36.0 Å². The van der Waals surface area contributed by atoms with Crippen molar-refractivity contribution in [2.24, 2.45) is 0 Å². The summed E-state index contributed by atoms with van der Waals surface area (Å²) in [6.07, 6.45) is 0. The van der Waals surface area contributed by atoms with Gasteiger partial charge >= 0.3 is 0 Å². The van der Waals surface area contributed by atoms with Crippen molar-refractivity contribution in [2.45, 2.75) is 9.79 Å². The van der Waals surface area contributed by atoms with Gasteiger partial charge in [0.25, 0.3) is 0 Å². The Morgan fingerprint density at radius 2 is 0.830 bits per heavy atom. The third kappa shape index (κ3) is 5.59. The molecular formula is C48H33N3OS. The van der Waals surface area contributed by atoms with Gasteiger partial charge in [-0.2, -0.15) is 0 Å². The van der Waals surface area contributed by atoms with Crippen LogP contribution in [-0.2, 0) is 0 Å². The maximum atomic E-state index is 6.26. The van der Waals surface area contributed by atoms with E-state index >= 15 is 0 Å². The van der Waals surface area contributed by atoms with Crippen LogP contribution in [0.15, 0.2) is 210 Å². The lowest BCUT2D eigenvalue weighted by Gasteiger charge is -2.33. The van der Waals surface area contributed by atoms with Gasteiger partial charge in [0, 0.05) is 38.2 Å². The first-order valence-electron chi connectivity index (χ1n) is 17.8. The zero-order valence-corrected chi connectivity index (χ0v) is 29.5. The Morgan fingerprint density at radius 3 is 1.51 bits per heavy atom. The highest BCUT2D eigenvalue weighted by molar-refractivity contribution is 7.99. The molecule has 0 N–H and O–H groups in total. The first-order valence-corrected chi connectivity index (χ1v) is 18.6. The molecule has 10 rings (SSSR count). The average Bonchev–Trinajstić information content (AvgIpc) is 3.23. The van der Waals surface area contributed by atoms with E-state index in [1.165, 1.54) is 32.3 Å². The second-order valence-electron chi connectivity index (χ2n) is 13.0. The number of nitrogens with zero attached hydrogens (tertiary/aromatic N) is 3. The summed E-state index contributed by atoms with van der Waals surface area (Å²) in [4.78, 5) is 9.45. The summed E-state index contributed by atoms with van der Waals surface area (Å²) in [5, 5.41) is 0. The lowest BCUT2D eigenvalue weighted by atomic mass is 10.0. The van der Waals surface area contributed by atoms with Crippen molar-refractivity contribution in [1.29, 1.82) is 0 Å². The molecule has 0 radical (unpaired) electrons. The van der Waals surface area contributed by atoms with Crippen molar-refractivity contribution in [3.8, 4) is 22.6 Å². The van der Waals surface area contributed by atoms with Gasteiger partial charge in [0.2, 0.25) is 0 Å². The molecule has 2 heterocycles. The Balaban J connectivity index is 0.988. The Labute approximate surface area is 313 Å². The number of benzene rings is 8. The van der Waals surface area contributed by atoms with Gasteiger partial charge < -0.3 is 19.4 Å². The van der Waals surface area contributed by atoms with Crippen LogP contribution in [0.5, 0.6) is 11.5 Å². The third-order valence-electron chi connectivity index (χ3n) is 9.81. The van der Waals surface area contributed by atoms with Crippen LogP contribution in [0, 0.1) is 0 Å². The summed E-state index contributed by atoms with van der Waals surface area (Å²) in [5.74, 6) is 1.69. The predicted octanol–water partition coefficient (Wildman–Crippen LogP) is 14.3. The van der Waals surface area contributed by atoms with E-state index in [0.29, 0.717) is 0 Å². The van der Waals surface area contributed by atoms with Gasteiger partial charge in [-0.1, -0.05) is 103 Å². The molecule has 0 saturated carbocycles. The number of anilines is 9. The molecule has 0 unspecified atom stereocenters. The Bertz CT molecular complexity index is 2530. The van der Waals surface area contributed by atoms with Crippen LogP contribution in [-0.4, -0.2) is 0 Å². The Kier molecular flexibility index (Phi) is 7.70. The molecule has 0 amide bonds. The van der Waals surface area contributed by atoms with E-state index in [1.54, 1.807) is 0 Å². The van der Waals surface area contributed by atoms with E-state index in [9.17, 15) is 0 Å². The molecule has 252 valence electrons. The molecule has 53 heavy (non-hydrogen) atoms. The summed E-state index contributed by atoms with van der Waals surface area (Å²) in [6, 6.07) is 70.8. The first kappa shape index (κ1) is 31.1. The van der Waals surface area contributed by atoms with Gasteiger partial charge in [-0.05, 0) is 120 Å². The van der Waals surface area contributed by atoms with Crippen molar-refractivity contribution in [2.75, 3.05) is 14.7 Å². The smallest absolute Gasteiger partial charge is 0.151 e. The minimum Gasteiger partial charge on any atom is -0.453 e. The van der Waals surface area contributed by atoms with Crippen molar-refractivity contribution in [3.05, 3.63) is 200 Å². The van der Waals surface area contributed by atoms with E-state index in [-0.39, 0.29) is 0 Å². The van der Waals surface area contributed by atoms with Gasteiger partial charge in [-0.25, -0.2) is 0 Å². The molecule has 0 aromatic heterocycles. The molecule has 8 aromatic rings. The number of hydrogen-bond donors (Lipinski definition) is 0. The Morgan fingerprint density at radius 1 is 0.358 bits per heavy atom. The number of hydrogen-bond acceptors (Lipinski definition) is 5. The number of ether oxygens (including phenoxy) is 1. The maximum absolute atomic E-state index is 6.26. The number of para-hydroxylation sites is 7. The number of rotatable bonds is 6. The summed E-state index contributed by atoms with van der Waals surface area (Å²) >= 11 is 1.84. The molecule has 0 aliphatic carbocycles. The molecule has 0 bridgehead atoms. The monoisotopic (exact) mass is 699 g/mol. The van der Waals surface area contributed by atoms with Gasteiger partial charge in [0.15, 0.2) is 11.5 Å². The molecule has 2 aliphatic heterocycles. The number of fused-ring (bicyclic) bond motifs is 4. The van der Waals surface area contributed by atoms with Crippen molar-refractivity contribution < 1.29 is 4.74 Å². The topological polar surface area (TPSA) is 19.0 Å². The fraction of sp³-hybridized carbons (Fsp3) is 0. The summed E-state index contributed by atoms with van der Waals surface area (Å²) < 4.78 is 6.26. The zero-order chi connectivity index (χ0) is 35.1. The fourth-order valence-corrected chi connectivity index (χ4v) is 8.45. The van der Waals surface area contributed by atoms with Crippen LogP contribution in [0.2, 0.25) is 0 Å². The predicted molar refractivity (Wildman–Crippen MR) is 220 cm³/mol. The molecule has 0 spiro atoms. The lowest BCUT2D eigenvalue weighted by molar-refractivity contribution is 0.477. The maximum Gasteiger partial charge on any atom is 0.151 e. The van der Waals surface area contributed by atoms with E-state index in [4.69, 9.17) is 4.74 Å². The highest BCUT2D eigenvalue weighted by atomic mass is 32.2. The highest BCUT2D eigenvalue weighted by Crippen LogP contribution is 2.53. The molecule has 4 nitrogen and oxygen atoms in total. The van der Waals surface area contributed by atoms with Crippen molar-refractivity contribution in [1.82, 2.24) is 0 Å². The van der Waals surface area contributed by atoms with Crippen LogP contribution in [0.1, 0.15) is 0 Å². The van der Waals surface area contributed by atoms with E-state index < -0.39 is 0 Å². The second-order valence-corrected chi connectivity index (χ2v) is 14.1. The lowest BCUT2D eigenvalue weighted by Crippen LogP contribution is -2.16. The fourth-order valence-electron chi connectivity index (χ4n) is 7.35. The molecule has 8 aromatic carbocycles. The van der Waals surface area contributed by atoms with Crippen LogP contribution in [0.4, 0.5) is 51.2 Å². The van der Waals surface area contributed by atoms with Gasteiger partial charge in [0.05, 0.1) is 22.7 Å². The minimum atomic E-state index is 0.845. The van der Waals surface area contributed by atoms with Crippen LogP contribution in [0.25, 0.3) is 11.1 Å². The highest BCUT2D eigenvalue weighted by Gasteiger charge is 2.27. The molecule has 5 heteroatoms. The average molecular weight is 700 g/mol. The van der Waals surface area contributed by atoms with Gasteiger partial charge in [-0.3, -0.25) is 0 Å². The summed E-state index contributed by atoms with van der Waals surface area (Å²) in [6.45, 7) is 0. The second kappa shape index (κ2) is 13.1. The third-order valence-corrected chi connectivity index (χ3v) is 10.9. The minimum absolute atomic E-state index is 0.845. The van der Waals surface area contributed by atoms with Gasteiger partial charge in [0.1, 0.15) is 0 Å². The quantitative estimate of drug-likeness (QED) is 0.172. The van der Waals surface area contributed by atoms with Crippen LogP contribution < -0.4 is 19.4 Å². The molecular weight excluding hydrogens is 667 g/mol. The largest absolute Gasteiger partial charge is 0.453 e. The molecule has 0 saturated heterocycles. The standard InChI is InChI=1S/C48H33N3OS/c1-3-13-36(14-4-1)49(39-28-30-40(31-29-39)50-41-17-7-10-20-45(41)52-46-21-11-8-18-42(46)50)38-26-23-34(24-27-38)35-25-32-44-48(33-35)53-47-22-12-9-19-43(47)51(44)37-15-5-2-6-16-37/h1-33H. The van der Waals surface area contributed by atoms with Crippen molar-refractivity contribution in [3.63, 3.8) is 0 Å². The van der Waals surface area contributed by atoms with Crippen molar-refractivity contribution >= 4 is 62.9 Å². The van der Waals surface area contributed by atoms with Gasteiger partial charge in [-0.15, -0.1) is 0 Å². The van der Waals surface area contributed by atoms with Crippen LogP contribution in [0.3, 0.4) is 0 Å². The molecule has 2 aliphatic rings. The normalized spacial score (nSPS) is 12.5. The van der Waals surface area contributed by atoms with Crippen LogP contribution >= 0.6 is 11.8 Å². The Hall–Kier alpha value is -6.69. The van der Waals surface area contributed by atoms with E-state index in [0.717, 1.165) is 51.3 Å². The SMILES string of the molecule is c1ccc(N(c2ccc(-c3ccc4c(c3)Sc3ccccc3N4c3ccccc3)cc2)c2ccc(N3c4ccccc4Oc4ccccc43)cc2)cc1.